The minimum Gasteiger partial charge on any atom is -0.379 e. The number of piperidine rings is 1. The Hall–Kier alpha value is -6.99. The van der Waals surface area contributed by atoms with Crippen LogP contribution in [-0.2, 0) is 27.4 Å². The number of carbonyl (C=O) groups excluding carboxylic acids is 3. The lowest BCUT2D eigenvalue weighted by Gasteiger charge is -2.32. The van der Waals surface area contributed by atoms with Gasteiger partial charge in [0.1, 0.15) is 17.7 Å². The van der Waals surface area contributed by atoms with Gasteiger partial charge >= 0.3 is 0 Å². The van der Waals surface area contributed by atoms with Crippen molar-refractivity contribution < 1.29 is 27.9 Å². The van der Waals surface area contributed by atoms with Crippen molar-refractivity contribution in [3.8, 4) is 34.4 Å². The Kier molecular flexibility index (Phi) is 12.5. The molecule has 1 unspecified atom stereocenters. The molecule has 1 aliphatic carbocycles. The Morgan fingerprint density at radius 1 is 0.896 bits per heavy atom. The predicted octanol–water partition coefficient (Wildman–Crippen LogP) is 8.26. The van der Waals surface area contributed by atoms with E-state index in [1.54, 1.807) is 35.4 Å². The summed E-state index contributed by atoms with van der Waals surface area (Å²) < 4.78 is 38.0. The highest BCUT2D eigenvalue weighted by Gasteiger charge is 2.39. The van der Waals surface area contributed by atoms with E-state index in [2.05, 4.69) is 53.7 Å². The number of hydrogen-bond donors (Lipinski definition) is 4. The molecule has 1 saturated carbocycles. The van der Waals surface area contributed by atoms with Crippen LogP contribution in [0.3, 0.4) is 0 Å². The van der Waals surface area contributed by atoms with Crippen LogP contribution in [0.15, 0.2) is 96.2 Å². The van der Waals surface area contributed by atoms with Gasteiger partial charge in [0.05, 0.1) is 42.4 Å². The maximum absolute atomic E-state index is 15.0. The molecule has 0 radical (unpaired) electrons. The molecule has 5 heterocycles. The number of aliphatic imine (C=N–C) groups is 1. The molecule has 0 bridgehead atoms. The molecule has 340 valence electrons. The van der Waals surface area contributed by atoms with Gasteiger partial charge in [0.15, 0.2) is 0 Å². The highest BCUT2D eigenvalue weighted by Crippen LogP contribution is 2.36. The molecule has 3 aliphatic heterocycles. The summed E-state index contributed by atoms with van der Waals surface area (Å²) in [4.78, 5) is 52.6. The van der Waals surface area contributed by atoms with Crippen molar-refractivity contribution in [3.63, 3.8) is 0 Å². The van der Waals surface area contributed by atoms with Gasteiger partial charge in [0.25, 0.3) is 5.91 Å². The number of nitrogens with one attached hydrogen (secondary N) is 4. The van der Waals surface area contributed by atoms with Gasteiger partial charge in [-0.2, -0.15) is 0 Å². The molecular weight excluding hydrogens is 876 g/mol. The number of benzene rings is 4. The van der Waals surface area contributed by atoms with E-state index in [1.165, 1.54) is 18.2 Å². The number of amides is 3. The average molecular weight is 922 g/mol. The number of aromatic amines is 1. The number of imide groups is 1. The monoisotopic (exact) mass is 921 g/mol. The summed E-state index contributed by atoms with van der Waals surface area (Å²) in [6.07, 6.45) is 9.24. The summed E-state index contributed by atoms with van der Waals surface area (Å²) in [6, 6.07) is 22.6. The Balaban J connectivity index is 0.660. The van der Waals surface area contributed by atoms with Crippen molar-refractivity contribution in [2.45, 2.75) is 76.2 Å². The fourth-order valence-electron chi connectivity index (χ4n) is 9.37. The maximum Gasteiger partial charge on any atom is 0.255 e. The van der Waals surface area contributed by atoms with Crippen molar-refractivity contribution >= 4 is 46.7 Å². The minimum atomic E-state index is -0.708. The molecule has 6 aromatic rings. The molecule has 1 atom stereocenters. The molecule has 4 aromatic carbocycles. The smallest absolute Gasteiger partial charge is 0.255 e. The molecular formula is C51H46ClF2N9O4. The zero-order valence-electron chi connectivity index (χ0n) is 36.4. The number of halogens is 3. The van der Waals surface area contributed by atoms with Crippen LogP contribution in [-0.4, -0.2) is 79.9 Å². The van der Waals surface area contributed by atoms with Gasteiger partial charge in [0, 0.05) is 94.5 Å². The number of hydrogen-bond acceptors (Lipinski definition) is 9. The SMILES string of the molecule is O=C1CCC(N2Cc3c(C#CCCOCCN[C@H]4CC[C@@H](n5cc(-c6ccc(Nc7ncc8c(n7)-c7ccc(Cl)cc7C(c7c(F)cccc7F)=NC8)cc6)[nH]5)CC4)cccc3C2=O)C(=O)N1. The first kappa shape index (κ1) is 43.9. The third-order valence-electron chi connectivity index (χ3n) is 12.9. The zero-order valence-corrected chi connectivity index (χ0v) is 37.1. The normalized spacial score (nSPS) is 18.9. The molecule has 67 heavy (non-hydrogen) atoms. The number of ether oxygens (including phenoxy) is 1. The fourth-order valence-corrected chi connectivity index (χ4v) is 9.54. The third kappa shape index (κ3) is 9.25. The highest BCUT2D eigenvalue weighted by atomic mass is 35.5. The van der Waals surface area contributed by atoms with Gasteiger partial charge in [-0.1, -0.05) is 53.8 Å². The second-order valence-electron chi connectivity index (χ2n) is 17.1. The van der Waals surface area contributed by atoms with E-state index < -0.39 is 23.6 Å². The van der Waals surface area contributed by atoms with Crippen LogP contribution >= 0.6 is 11.6 Å². The van der Waals surface area contributed by atoms with E-state index in [-0.39, 0.29) is 36.1 Å². The molecule has 1 saturated heterocycles. The second-order valence-corrected chi connectivity index (χ2v) is 17.6. The molecule has 3 amide bonds. The highest BCUT2D eigenvalue weighted by molar-refractivity contribution is 6.31. The summed E-state index contributed by atoms with van der Waals surface area (Å²) in [6.45, 7) is 2.29. The van der Waals surface area contributed by atoms with Gasteiger partial charge in [-0.15, -0.1) is 0 Å². The van der Waals surface area contributed by atoms with Crippen LogP contribution in [0.5, 0.6) is 0 Å². The fraction of sp³-hybridized carbons (Fsp3) is 0.294. The predicted molar refractivity (Wildman–Crippen MR) is 250 cm³/mol. The Morgan fingerprint density at radius 3 is 2.48 bits per heavy atom. The molecule has 13 nitrogen and oxygen atoms in total. The number of carbonyl (C=O) groups is 3. The number of anilines is 2. The lowest BCUT2D eigenvalue weighted by molar-refractivity contribution is -0.136. The van der Waals surface area contributed by atoms with Crippen LogP contribution < -0.4 is 16.0 Å². The first-order valence-electron chi connectivity index (χ1n) is 22.5. The largest absolute Gasteiger partial charge is 0.379 e. The zero-order chi connectivity index (χ0) is 46.0. The van der Waals surface area contributed by atoms with Gasteiger partial charge in [-0.3, -0.25) is 34.5 Å². The van der Waals surface area contributed by atoms with Crippen molar-refractivity contribution in [2.75, 3.05) is 25.1 Å². The van der Waals surface area contributed by atoms with Crippen molar-refractivity contribution in [2.24, 2.45) is 4.99 Å². The van der Waals surface area contributed by atoms with E-state index in [0.29, 0.717) is 83.6 Å². The quantitative estimate of drug-likeness (QED) is 0.0543. The van der Waals surface area contributed by atoms with Crippen LogP contribution in [0.1, 0.15) is 89.2 Å². The Labute approximate surface area is 390 Å². The minimum absolute atomic E-state index is 0.135. The maximum atomic E-state index is 15.0. The third-order valence-corrected chi connectivity index (χ3v) is 13.1. The molecule has 4 N–H and O–H groups in total. The first-order chi connectivity index (χ1) is 32.7. The van der Waals surface area contributed by atoms with Crippen molar-refractivity contribution in [3.05, 3.63) is 141 Å². The van der Waals surface area contributed by atoms with Crippen molar-refractivity contribution in [1.82, 2.24) is 35.3 Å². The lowest BCUT2D eigenvalue weighted by atomic mass is 9.91. The van der Waals surface area contributed by atoms with Gasteiger partial charge in [-0.05, 0) is 86.2 Å². The summed E-state index contributed by atoms with van der Waals surface area (Å²) >= 11 is 6.38. The molecule has 2 fully saturated rings. The molecule has 10 rings (SSSR count). The van der Waals surface area contributed by atoms with Crippen molar-refractivity contribution in [1.29, 1.82) is 0 Å². The van der Waals surface area contributed by atoms with Gasteiger partial charge in [0.2, 0.25) is 17.8 Å². The summed E-state index contributed by atoms with van der Waals surface area (Å²) in [5, 5.41) is 13.2. The van der Waals surface area contributed by atoms with E-state index in [1.807, 2.05) is 36.4 Å². The summed E-state index contributed by atoms with van der Waals surface area (Å²) in [7, 11) is 0. The molecule has 16 heteroatoms. The standard InChI is InChI=1S/C51H46ClF2N9O4/c52-33-12-19-37-39(25-33)48(46-41(53)8-4-9-42(46)54)56-26-32-27-57-51(60-47(32)37)58-35-13-10-31(11-14-35)43-29-63(61-43)36-17-15-34(16-18-36)55-22-24-67-23-2-1-5-30-6-3-7-38-40(30)28-62(50(38)66)44-20-21-45(64)59-49(44)65/h3-4,6-14,19,25,27,29,34,36,44,55,61H,2,15-18,20-24,26,28H2,(H,57,58,60)(H,59,64,65)/t34-,36+,44?. The van der Waals surface area contributed by atoms with Crippen LogP contribution in [0, 0.1) is 23.5 Å². The number of rotatable bonds is 12. The van der Waals surface area contributed by atoms with Crippen LogP contribution in [0.4, 0.5) is 20.4 Å². The summed E-state index contributed by atoms with van der Waals surface area (Å²) in [5.41, 5.74) is 7.47. The van der Waals surface area contributed by atoms with Crippen LogP contribution in [0.25, 0.3) is 22.5 Å². The van der Waals surface area contributed by atoms with E-state index >= 15 is 0 Å². The number of aromatic nitrogens is 4. The Bertz CT molecular complexity index is 2950. The van der Waals surface area contributed by atoms with Gasteiger partial charge < -0.3 is 20.3 Å². The van der Waals surface area contributed by atoms with E-state index in [9.17, 15) is 23.2 Å². The summed E-state index contributed by atoms with van der Waals surface area (Å²) in [5.74, 6) is 4.39. The Morgan fingerprint density at radius 2 is 1.69 bits per heavy atom. The molecule has 4 aliphatic rings. The molecule has 2 aromatic heterocycles. The van der Waals surface area contributed by atoms with E-state index in [4.69, 9.17) is 21.3 Å². The van der Waals surface area contributed by atoms with Crippen LogP contribution in [0.2, 0.25) is 5.02 Å². The number of H-pyrrole nitrogens is 1. The second kappa shape index (κ2) is 19.1. The van der Waals surface area contributed by atoms with E-state index in [0.717, 1.165) is 60.3 Å². The average Bonchev–Trinajstić information content (AvgIpc) is 3.56. The number of nitrogens with zero attached hydrogens (tertiary/aromatic N) is 5. The lowest BCUT2D eigenvalue weighted by Crippen LogP contribution is -2.52. The number of fused-ring (bicyclic) bond motifs is 4. The topological polar surface area (TPSA) is 159 Å². The molecule has 0 spiro atoms. The van der Waals surface area contributed by atoms with Gasteiger partial charge in [-0.25, -0.2) is 18.7 Å². The first-order valence-corrected chi connectivity index (χ1v) is 22.9.